The minimum Gasteiger partial charge on any atom is -0.414 e. The Labute approximate surface area is 158 Å². The fourth-order valence-corrected chi connectivity index (χ4v) is 4.17. The van der Waals surface area contributed by atoms with Gasteiger partial charge in [-0.3, -0.25) is 9.29 Å². The molecule has 8 nitrogen and oxygen atoms in total. The first-order chi connectivity index (χ1) is 12.8. The van der Waals surface area contributed by atoms with Crippen molar-refractivity contribution in [2.24, 2.45) is 0 Å². The third kappa shape index (κ3) is 4.27. The second kappa shape index (κ2) is 7.64. The van der Waals surface area contributed by atoms with Crippen molar-refractivity contribution in [3.63, 3.8) is 0 Å². The number of sulfonamides is 1. The van der Waals surface area contributed by atoms with Gasteiger partial charge in [0, 0.05) is 6.20 Å². The molecule has 0 N–H and O–H groups in total. The molecule has 0 aliphatic carbocycles. The van der Waals surface area contributed by atoms with Gasteiger partial charge in [0.05, 0.1) is 30.4 Å². The number of hydrogen-bond donors (Lipinski definition) is 0. The lowest BCUT2D eigenvalue weighted by Gasteiger charge is -2.22. The maximum atomic E-state index is 12.6. The zero-order valence-corrected chi connectivity index (χ0v) is 16.0. The smallest absolute Gasteiger partial charge is 0.314 e. The van der Waals surface area contributed by atoms with Gasteiger partial charge in [0.25, 0.3) is 11.8 Å². The van der Waals surface area contributed by atoms with Crippen LogP contribution in [0.5, 0.6) is 0 Å². The summed E-state index contributed by atoms with van der Waals surface area (Å²) in [5.41, 5.74) is 1.24. The summed E-state index contributed by atoms with van der Waals surface area (Å²) in [5.74, 6) is -0.960. The monoisotopic (exact) mass is 415 g/mol. The van der Waals surface area contributed by atoms with E-state index in [-0.39, 0.29) is 18.2 Å². The molecule has 0 amide bonds. The Hall–Kier alpha value is -2.47. The summed E-state index contributed by atoms with van der Waals surface area (Å²) in [5, 5.41) is 7.28. The van der Waals surface area contributed by atoms with Crippen LogP contribution in [-0.4, -0.2) is 34.3 Å². The molecule has 144 valence electrons. The summed E-state index contributed by atoms with van der Waals surface area (Å²) < 4.78 is 56.3. The Balaban J connectivity index is 1.89. The van der Waals surface area contributed by atoms with Gasteiger partial charge in [0.2, 0.25) is 10.0 Å². The van der Waals surface area contributed by atoms with Gasteiger partial charge in [0.1, 0.15) is 9.88 Å². The maximum absolute atomic E-state index is 12.6. The lowest BCUT2D eigenvalue weighted by molar-refractivity contribution is 0.116. The van der Waals surface area contributed by atoms with Gasteiger partial charge in [-0.15, -0.1) is 21.5 Å². The van der Waals surface area contributed by atoms with Crippen molar-refractivity contribution in [3.8, 4) is 10.8 Å². The van der Waals surface area contributed by atoms with Crippen molar-refractivity contribution in [1.82, 2.24) is 20.2 Å². The third-order valence-electron chi connectivity index (χ3n) is 3.52. The number of aromatic nitrogens is 4. The Morgan fingerprint density at radius 1 is 1.26 bits per heavy atom. The van der Waals surface area contributed by atoms with E-state index in [1.165, 1.54) is 16.7 Å². The molecular formula is C15H15F2N5O3S2. The normalized spacial score (nSPS) is 11.9. The van der Waals surface area contributed by atoms with Crippen LogP contribution >= 0.6 is 11.3 Å². The molecule has 12 heteroatoms. The zero-order chi connectivity index (χ0) is 19.6. The SMILES string of the molecule is CCS(=O)(=O)N(Cc1ncc(-c2nnc(C(F)F)o2)s1)c1cncc(C)c1. The molecule has 0 aliphatic rings. The molecule has 0 bridgehead atoms. The van der Waals surface area contributed by atoms with Crippen LogP contribution < -0.4 is 4.31 Å². The first-order valence-corrected chi connectivity index (χ1v) is 10.2. The zero-order valence-electron chi connectivity index (χ0n) is 14.3. The number of halogens is 2. The van der Waals surface area contributed by atoms with Gasteiger partial charge in [-0.05, 0) is 25.5 Å². The molecular weight excluding hydrogens is 400 g/mol. The molecule has 27 heavy (non-hydrogen) atoms. The van der Waals surface area contributed by atoms with Crippen LogP contribution in [0.25, 0.3) is 10.8 Å². The number of rotatable bonds is 7. The quantitative estimate of drug-likeness (QED) is 0.584. The maximum Gasteiger partial charge on any atom is 0.314 e. The van der Waals surface area contributed by atoms with Crippen LogP contribution in [0.2, 0.25) is 0 Å². The molecule has 0 unspecified atom stereocenters. The van der Waals surface area contributed by atoms with Crippen molar-refractivity contribution < 1.29 is 21.6 Å². The molecule has 0 aliphatic heterocycles. The predicted molar refractivity (Wildman–Crippen MR) is 95.0 cm³/mol. The highest BCUT2D eigenvalue weighted by atomic mass is 32.2. The fraction of sp³-hybridized carbons (Fsp3) is 0.333. The van der Waals surface area contributed by atoms with Crippen molar-refractivity contribution in [2.45, 2.75) is 26.8 Å². The van der Waals surface area contributed by atoms with E-state index in [2.05, 4.69) is 20.2 Å². The van der Waals surface area contributed by atoms with Gasteiger partial charge >= 0.3 is 6.43 Å². The standard InChI is InChI=1S/C15H15F2N5O3S2/c1-3-27(23,24)22(10-4-9(2)5-18-6-10)8-12-19-7-11(26-12)14-20-21-15(25-14)13(16)17/h4-7,13H,3,8H2,1-2H3. The van der Waals surface area contributed by atoms with Crippen LogP contribution in [0.4, 0.5) is 14.5 Å². The number of anilines is 1. The van der Waals surface area contributed by atoms with E-state index in [1.807, 2.05) is 6.92 Å². The highest BCUT2D eigenvalue weighted by Crippen LogP contribution is 2.29. The van der Waals surface area contributed by atoms with Crippen molar-refractivity contribution in [3.05, 3.63) is 41.1 Å². The van der Waals surface area contributed by atoms with Gasteiger partial charge < -0.3 is 4.42 Å². The average molecular weight is 415 g/mol. The minimum absolute atomic E-state index is 0.0260. The molecule has 0 saturated heterocycles. The van der Waals surface area contributed by atoms with Crippen molar-refractivity contribution in [2.75, 3.05) is 10.1 Å². The number of aryl methyl sites for hydroxylation is 1. The number of pyridine rings is 1. The second-order valence-electron chi connectivity index (χ2n) is 5.49. The lowest BCUT2D eigenvalue weighted by atomic mass is 10.3. The van der Waals surface area contributed by atoms with Gasteiger partial charge in [0.15, 0.2) is 0 Å². The summed E-state index contributed by atoms with van der Waals surface area (Å²) in [6.07, 6.45) is 1.60. The van der Waals surface area contributed by atoms with Crippen LogP contribution in [0.15, 0.2) is 29.1 Å². The summed E-state index contributed by atoms with van der Waals surface area (Å²) >= 11 is 1.09. The molecule has 0 fully saturated rings. The van der Waals surface area contributed by atoms with E-state index in [9.17, 15) is 17.2 Å². The van der Waals surface area contributed by atoms with E-state index in [0.29, 0.717) is 15.6 Å². The predicted octanol–water partition coefficient (Wildman–Crippen LogP) is 3.19. The van der Waals surface area contributed by atoms with E-state index >= 15 is 0 Å². The Morgan fingerprint density at radius 3 is 2.67 bits per heavy atom. The molecule has 0 aromatic carbocycles. The summed E-state index contributed by atoms with van der Waals surface area (Å²) in [4.78, 5) is 8.57. The summed E-state index contributed by atoms with van der Waals surface area (Å²) in [6.45, 7) is 3.33. The highest BCUT2D eigenvalue weighted by Gasteiger charge is 2.24. The van der Waals surface area contributed by atoms with E-state index in [4.69, 9.17) is 4.42 Å². The minimum atomic E-state index is -3.58. The first kappa shape index (κ1) is 19.3. The molecule has 3 aromatic heterocycles. The Morgan fingerprint density at radius 2 is 2.04 bits per heavy atom. The van der Waals surface area contributed by atoms with Gasteiger partial charge in [-0.1, -0.05) is 0 Å². The summed E-state index contributed by atoms with van der Waals surface area (Å²) in [6, 6.07) is 1.71. The summed E-state index contributed by atoms with van der Waals surface area (Å²) in [7, 11) is -3.58. The number of alkyl halides is 2. The largest absolute Gasteiger partial charge is 0.414 e. The molecule has 3 rings (SSSR count). The van der Waals surface area contributed by atoms with Crippen LogP contribution in [0, 0.1) is 6.92 Å². The van der Waals surface area contributed by atoms with Crippen LogP contribution in [-0.2, 0) is 16.6 Å². The lowest BCUT2D eigenvalue weighted by Crippen LogP contribution is -2.32. The number of thiazole rings is 1. The van der Waals surface area contributed by atoms with Crippen molar-refractivity contribution in [1.29, 1.82) is 0 Å². The van der Waals surface area contributed by atoms with Crippen LogP contribution in [0.1, 0.15) is 29.8 Å². The number of nitrogens with zero attached hydrogens (tertiary/aromatic N) is 5. The fourth-order valence-electron chi connectivity index (χ4n) is 2.21. The molecule has 0 saturated carbocycles. The highest BCUT2D eigenvalue weighted by molar-refractivity contribution is 7.92. The molecule has 0 spiro atoms. The van der Waals surface area contributed by atoms with E-state index in [0.717, 1.165) is 16.9 Å². The van der Waals surface area contributed by atoms with Gasteiger partial charge in [-0.25, -0.2) is 13.4 Å². The van der Waals surface area contributed by atoms with E-state index in [1.54, 1.807) is 19.2 Å². The number of hydrogen-bond acceptors (Lipinski definition) is 8. The average Bonchev–Trinajstić information content (AvgIpc) is 3.28. The molecule has 3 aromatic rings. The molecule has 0 atom stereocenters. The second-order valence-corrected chi connectivity index (χ2v) is 8.79. The Kier molecular flexibility index (Phi) is 5.46. The van der Waals surface area contributed by atoms with Gasteiger partial charge in [-0.2, -0.15) is 8.78 Å². The Bertz CT molecular complexity index is 1040. The van der Waals surface area contributed by atoms with Crippen LogP contribution in [0.3, 0.4) is 0 Å². The molecule has 3 heterocycles. The van der Waals surface area contributed by atoms with E-state index < -0.39 is 22.3 Å². The first-order valence-electron chi connectivity index (χ1n) is 7.79. The molecule has 0 radical (unpaired) electrons. The third-order valence-corrected chi connectivity index (χ3v) is 6.23. The van der Waals surface area contributed by atoms with Crippen molar-refractivity contribution >= 4 is 27.0 Å². The topological polar surface area (TPSA) is 102 Å².